The minimum atomic E-state index is -2.66. The van der Waals surface area contributed by atoms with Crippen LogP contribution in [0.4, 0.5) is 0 Å². The molecule has 0 aromatic rings. The van der Waals surface area contributed by atoms with Crippen molar-refractivity contribution in [3.05, 3.63) is 0 Å². The molecular weight excluding hydrogens is 176 g/mol. The van der Waals surface area contributed by atoms with E-state index in [0.29, 0.717) is 17.5 Å². The molecule has 0 bridgehead atoms. The van der Waals surface area contributed by atoms with E-state index >= 15 is 0 Å². The first-order valence-electron chi connectivity index (χ1n) is 4.33. The summed E-state index contributed by atoms with van der Waals surface area (Å²) in [5, 5.41) is 6.56. The molecule has 2 rings (SSSR count). The van der Waals surface area contributed by atoms with Crippen molar-refractivity contribution >= 4 is 9.84 Å². The van der Waals surface area contributed by atoms with Crippen LogP contribution in [-0.2, 0) is 9.84 Å². The maximum absolute atomic E-state index is 10.8. The second-order valence-corrected chi connectivity index (χ2v) is 5.78. The highest BCUT2D eigenvalue weighted by atomic mass is 32.2. The molecule has 12 heavy (non-hydrogen) atoms. The first-order chi connectivity index (χ1) is 5.66. The van der Waals surface area contributed by atoms with Crippen molar-refractivity contribution in [2.24, 2.45) is 0 Å². The van der Waals surface area contributed by atoms with E-state index in [1.807, 2.05) is 0 Å². The summed E-state index contributed by atoms with van der Waals surface area (Å²) in [7, 11) is -2.66. The molecule has 2 fully saturated rings. The molecule has 2 aliphatic rings. The van der Waals surface area contributed by atoms with Crippen LogP contribution in [0.5, 0.6) is 0 Å². The van der Waals surface area contributed by atoms with Crippen molar-refractivity contribution in [2.75, 3.05) is 24.6 Å². The van der Waals surface area contributed by atoms with Crippen molar-refractivity contribution in [2.45, 2.75) is 18.5 Å². The van der Waals surface area contributed by atoms with Crippen molar-refractivity contribution in [1.82, 2.24) is 10.6 Å². The second-order valence-electron chi connectivity index (χ2n) is 3.63. The normalized spacial score (nSPS) is 34.8. The largest absolute Gasteiger partial charge is 0.315 e. The van der Waals surface area contributed by atoms with Gasteiger partial charge in [-0.2, -0.15) is 0 Å². The Morgan fingerprint density at radius 3 is 2.50 bits per heavy atom. The standard InChI is InChI=1S/C7H14N2O2S/c10-12(11)4-7(5-12)9-6-1-2-8-3-6/h6-9H,1-5H2. The lowest BCUT2D eigenvalue weighted by Gasteiger charge is -2.29. The molecule has 0 radical (unpaired) electrons. The molecule has 1 atom stereocenters. The van der Waals surface area contributed by atoms with E-state index in [4.69, 9.17) is 0 Å². The van der Waals surface area contributed by atoms with Gasteiger partial charge in [0.25, 0.3) is 0 Å². The van der Waals surface area contributed by atoms with E-state index in [1.165, 1.54) is 0 Å². The Hall–Kier alpha value is -0.130. The van der Waals surface area contributed by atoms with Gasteiger partial charge in [0, 0.05) is 18.6 Å². The molecule has 5 heteroatoms. The van der Waals surface area contributed by atoms with Gasteiger partial charge in [0.1, 0.15) is 0 Å². The van der Waals surface area contributed by atoms with Crippen LogP contribution in [0.1, 0.15) is 6.42 Å². The second kappa shape index (κ2) is 2.97. The van der Waals surface area contributed by atoms with Crippen molar-refractivity contribution in [3.63, 3.8) is 0 Å². The van der Waals surface area contributed by atoms with Crippen molar-refractivity contribution in [1.29, 1.82) is 0 Å². The van der Waals surface area contributed by atoms with E-state index in [9.17, 15) is 8.42 Å². The van der Waals surface area contributed by atoms with E-state index in [0.717, 1.165) is 19.5 Å². The molecule has 0 aromatic heterocycles. The molecule has 0 saturated carbocycles. The van der Waals surface area contributed by atoms with Crippen LogP contribution in [0.2, 0.25) is 0 Å². The van der Waals surface area contributed by atoms with Crippen LogP contribution in [0, 0.1) is 0 Å². The van der Waals surface area contributed by atoms with Crippen molar-refractivity contribution in [3.8, 4) is 0 Å². The van der Waals surface area contributed by atoms with Gasteiger partial charge >= 0.3 is 0 Å². The fourth-order valence-corrected chi connectivity index (χ4v) is 3.11. The number of hydrogen-bond donors (Lipinski definition) is 2. The Labute approximate surface area is 72.6 Å². The predicted molar refractivity (Wildman–Crippen MR) is 46.9 cm³/mol. The van der Waals surface area contributed by atoms with Gasteiger partial charge in [-0.3, -0.25) is 0 Å². The fraction of sp³-hybridized carbons (Fsp3) is 1.00. The maximum Gasteiger partial charge on any atom is 0.153 e. The minimum Gasteiger partial charge on any atom is -0.315 e. The van der Waals surface area contributed by atoms with E-state index in [1.54, 1.807) is 0 Å². The monoisotopic (exact) mass is 190 g/mol. The number of sulfone groups is 1. The molecule has 4 nitrogen and oxygen atoms in total. The van der Waals surface area contributed by atoms with Crippen LogP contribution in [0.15, 0.2) is 0 Å². The van der Waals surface area contributed by atoms with Gasteiger partial charge in [-0.05, 0) is 13.0 Å². The van der Waals surface area contributed by atoms with Gasteiger partial charge in [0.2, 0.25) is 0 Å². The zero-order chi connectivity index (χ0) is 8.60. The van der Waals surface area contributed by atoms with E-state index in [-0.39, 0.29) is 6.04 Å². The third kappa shape index (κ3) is 1.78. The average Bonchev–Trinajstić information content (AvgIpc) is 2.35. The highest BCUT2D eigenvalue weighted by Crippen LogP contribution is 2.12. The Kier molecular flexibility index (Phi) is 2.10. The number of nitrogens with one attached hydrogen (secondary N) is 2. The summed E-state index contributed by atoms with van der Waals surface area (Å²) in [5.41, 5.74) is 0. The van der Waals surface area contributed by atoms with Gasteiger partial charge in [-0.25, -0.2) is 8.42 Å². The van der Waals surface area contributed by atoms with Gasteiger partial charge in [-0.1, -0.05) is 0 Å². The van der Waals surface area contributed by atoms with E-state index < -0.39 is 9.84 Å². The fourth-order valence-electron chi connectivity index (χ4n) is 1.79. The maximum atomic E-state index is 10.8. The first-order valence-corrected chi connectivity index (χ1v) is 6.15. The summed E-state index contributed by atoms with van der Waals surface area (Å²) in [6, 6.07) is 0.713. The number of rotatable bonds is 2. The number of hydrogen-bond acceptors (Lipinski definition) is 4. The predicted octanol–water partition coefficient (Wildman–Crippen LogP) is -1.27. The quantitative estimate of drug-likeness (QED) is 0.570. The lowest BCUT2D eigenvalue weighted by molar-refractivity contribution is 0.457. The minimum absolute atomic E-state index is 0.222. The molecule has 2 aliphatic heterocycles. The third-order valence-electron chi connectivity index (χ3n) is 2.44. The van der Waals surface area contributed by atoms with Crippen LogP contribution in [-0.4, -0.2) is 45.1 Å². The van der Waals surface area contributed by atoms with Gasteiger partial charge in [0.05, 0.1) is 11.5 Å². The molecule has 1 unspecified atom stereocenters. The summed E-state index contributed by atoms with van der Waals surface area (Å²) in [5.74, 6) is 0.674. The molecule has 0 amide bonds. The Morgan fingerprint density at radius 2 is 2.00 bits per heavy atom. The SMILES string of the molecule is O=S1(=O)CC(NC2CCNC2)C1. The highest BCUT2D eigenvalue weighted by molar-refractivity contribution is 7.92. The summed E-state index contributed by atoms with van der Waals surface area (Å²) in [6.45, 7) is 2.04. The Morgan fingerprint density at radius 1 is 1.25 bits per heavy atom. The summed E-state index contributed by atoms with van der Waals surface area (Å²) < 4.78 is 21.6. The molecule has 0 aromatic carbocycles. The van der Waals surface area contributed by atoms with Gasteiger partial charge in [0.15, 0.2) is 9.84 Å². The van der Waals surface area contributed by atoms with Gasteiger partial charge in [-0.15, -0.1) is 0 Å². The third-order valence-corrected chi connectivity index (χ3v) is 4.26. The molecule has 0 spiro atoms. The highest BCUT2D eigenvalue weighted by Gasteiger charge is 2.34. The molecule has 70 valence electrons. The topological polar surface area (TPSA) is 58.2 Å². The molecule has 2 N–H and O–H groups in total. The summed E-state index contributed by atoms with van der Waals surface area (Å²) in [4.78, 5) is 0. The Balaban J connectivity index is 1.75. The van der Waals surface area contributed by atoms with Crippen LogP contribution >= 0.6 is 0 Å². The van der Waals surface area contributed by atoms with Crippen LogP contribution in [0.25, 0.3) is 0 Å². The smallest absolute Gasteiger partial charge is 0.153 e. The van der Waals surface area contributed by atoms with Gasteiger partial charge < -0.3 is 10.6 Å². The molecule has 2 heterocycles. The van der Waals surface area contributed by atoms with Crippen LogP contribution < -0.4 is 10.6 Å². The zero-order valence-corrected chi connectivity index (χ0v) is 7.73. The summed E-state index contributed by atoms with van der Waals surface area (Å²) in [6.07, 6.45) is 1.12. The van der Waals surface area contributed by atoms with E-state index in [2.05, 4.69) is 10.6 Å². The van der Waals surface area contributed by atoms with Crippen molar-refractivity contribution < 1.29 is 8.42 Å². The lowest BCUT2D eigenvalue weighted by atomic mass is 10.2. The summed E-state index contributed by atoms with van der Waals surface area (Å²) >= 11 is 0. The van der Waals surface area contributed by atoms with Crippen LogP contribution in [0.3, 0.4) is 0 Å². The Bertz CT molecular complexity index is 245. The first kappa shape index (κ1) is 8.47. The molecule has 2 saturated heterocycles. The molecular formula is C7H14N2O2S. The molecule has 0 aliphatic carbocycles. The lowest BCUT2D eigenvalue weighted by Crippen LogP contribution is -2.54. The average molecular weight is 190 g/mol. The zero-order valence-electron chi connectivity index (χ0n) is 6.91.